The third kappa shape index (κ3) is 7.09. The van der Waals surface area contributed by atoms with Gasteiger partial charge in [0.2, 0.25) is 0 Å². The summed E-state index contributed by atoms with van der Waals surface area (Å²) in [6.07, 6.45) is 4.23. The summed E-state index contributed by atoms with van der Waals surface area (Å²) in [5.74, 6) is 0. The molecule has 0 spiro atoms. The second-order valence-corrected chi connectivity index (χ2v) is 4.81. The molecule has 0 aromatic carbocycles. The standard InChI is InChI=1S/C9H13NS2.2C2H6/c1-4-5-8-7(2)6-9(11-8)12-10-3;2*1-2/h4-6,10H,1-3H3;2*1-2H3/b5-4-;;. The van der Waals surface area contributed by atoms with Gasteiger partial charge >= 0.3 is 0 Å². The SMILES string of the molecule is C/C=C\c1sc(SNC)cc1C.CC.CC. The Morgan fingerprint density at radius 2 is 1.81 bits per heavy atom. The van der Waals surface area contributed by atoms with Gasteiger partial charge in [-0.1, -0.05) is 33.8 Å². The van der Waals surface area contributed by atoms with Crippen LogP contribution in [0.5, 0.6) is 0 Å². The summed E-state index contributed by atoms with van der Waals surface area (Å²) in [5, 5.41) is 0. The predicted molar refractivity (Wildman–Crippen MR) is 81.4 cm³/mol. The minimum atomic E-state index is 1.32. The molecule has 0 saturated heterocycles. The van der Waals surface area contributed by atoms with Crippen molar-refractivity contribution >= 4 is 29.4 Å². The van der Waals surface area contributed by atoms with Gasteiger partial charge in [0.05, 0.1) is 4.21 Å². The summed E-state index contributed by atoms with van der Waals surface area (Å²) < 4.78 is 4.39. The number of nitrogens with one attached hydrogen (secondary N) is 1. The number of allylic oxidation sites excluding steroid dienone is 1. The Balaban J connectivity index is 0. The topological polar surface area (TPSA) is 12.0 Å². The fourth-order valence-electron chi connectivity index (χ4n) is 0.934. The molecule has 0 unspecified atom stereocenters. The average Bonchev–Trinajstić information content (AvgIpc) is 2.66. The second kappa shape index (κ2) is 12.8. The van der Waals surface area contributed by atoms with E-state index in [4.69, 9.17) is 0 Å². The molecule has 1 aromatic rings. The molecule has 0 atom stereocenters. The molecule has 0 aliphatic rings. The predicted octanol–water partition coefficient (Wildman–Crippen LogP) is 5.37. The van der Waals surface area contributed by atoms with Crippen molar-refractivity contribution in [3.8, 4) is 0 Å². The Kier molecular flexibility index (Phi) is 14.5. The molecule has 3 heteroatoms. The van der Waals surface area contributed by atoms with Crippen LogP contribution in [0.3, 0.4) is 0 Å². The van der Waals surface area contributed by atoms with Crippen LogP contribution < -0.4 is 4.72 Å². The van der Waals surface area contributed by atoms with Gasteiger partial charge in [-0.3, -0.25) is 4.72 Å². The van der Waals surface area contributed by atoms with Crippen LogP contribution in [0.2, 0.25) is 0 Å². The van der Waals surface area contributed by atoms with E-state index in [1.165, 1.54) is 14.6 Å². The zero-order valence-corrected chi connectivity index (χ0v) is 13.2. The van der Waals surface area contributed by atoms with Gasteiger partial charge in [0.1, 0.15) is 0 Å². The van der Waals surface area contributed by atoms with E-state index >= 15 is 0 Å². The number of thiophene rings is 1. The minimum Gasteiger partial charge on any atom is -0.262 e. The third-order valence-electron chi connectivity index (χ3n) is 1.45. The van der Waals surface area contributed by atoms with Crippen LogP contribution in [0, 0.1) is 6.92 Å². The Morgan fingerprint density at radius 3 is 2.25 bits per heavy atom. The first kappa shape index (κ1) is 18.1. The number of rotatable bonds is 3. The van der Waals surface area contributed by atoms with Crippen molar-refractivity contribution in [3.05, 3.63) is 22.6 Å². The molecule has 0 radical (unpaired) electrons. The number of hydrogen-bond acceptors (Lipinski definition) is 3. The van der Waals surface area contributed by atoms with Crippen molar-refractivity contribution < 1.29 is 0 Å². The first-order chi connectivity index (χ1) is 7.77. The molecule has 1 N–H and O–H groups in total. The maximum absolute atomic E-state index is 3.07. The highest BCUT2D eigenvalue weighted by Crippen LogP contribution is 2.29. The Bertz CT molecular complexity index is 277. The van der Waals surface area contributed by atoms with Gasteiger partial charge in [0, 0.05) is 4.88 Å². The number of aryl methyl sites for hydroxylation is 1. The van der Waals surface area contributed by atoms with Crippen molar-refractivity contribution in [2.45, 2.75) is 45.8 Å². The van der Waals surface area contributed by atoms with E-state index in [-0.39, 0.29) is 0 Å². The summed E-state index contributed by atoms with van der Waals surface area (Å²) in [6.45, 7) is 12.2. The van der Waals surface area contributed by atoms with Crippen LogP contribution in [0.25, 0.3) is 6.08 Å². The maximum atomic E-state index is 3.07. The van der Waals surface area contributed by atoms with Gasteiger partial charge in [0.15, 0.2) is 0 Å². The summed E-state index contributed by atoms with van der Waals surface area (Å²) in [5.41, 5.74) is 1.36. The molecule has 94 valence electrons. The van der Waals surface area contributed by atoms with Gasteiger partial charge in [-0.05, 0) is 50.5 Å². The molecule has 0 bridgehead atoms. The molecule has 16 heavy (non-hydrogen) atoms. The van der Waals surface area contributed by atoms with Gasteiger partial charge in [-0.2, -0.15) is 0 Å². The van der Waals surface area contributed by atoms with E-state index in [2.05, 4.69) is 29.9 Å². The van der Waals surface area contributed by atoms with E-state index in [0.717, 1.165) is 0 Å². The summed E-state index contributed by atoms with van der Waals surface area (Å²) >= 11 is 3.49. The van der Waals surface area contributed by atoms with Crippen molar-refractivity contribution in [3.63, 3.8) is 0 Å². The summed E-state index contributed by atoms with van der Waals surface area (Å²) in [6, 6.07) is 2.21. The van der Waals surface area contributed by atoms with Gasteiger partial charge in [0.25, 0.3) is 0 Å². The van der Waals surface area contributed by atoms with Gasteiger partial charge in [-0.25, -0.2) is 0 Å². The van der Waals surface area contributed by atoms with Crippen molar-refractivity contribution in [1.82, 2.24) is 4.72 Å². The molecule has 1 aromatic heterocycles. The zero-order chi connectivity index (χ0) is 13.0. The lowest BCUT2D eigenvalue weighted by atomic mass is 10.3. The van der Waals surface area contributed by atoms with E-state index in [1.807, 2.05) is 53.0 Å². The van der Waals surface area contributed by atoms with Crippen molar-refractivity contribution in [2.24, 2.45) is 0 Å². The van der Waals surface area contributed by atoms with E-state index < -0.39 is 0 Å². The maximum Gasteiger partial charge on any atom is 0.0760 e. The molecule has 0 amide bonds. The largest absolute Gasteiger partial charge is 0.262 e. The first-order valence-electron chi connectivity index (χ1n) is 5.84. The lowest BCUT2D eigenvalue weighted by Gasteiger charge is -1.89. The molecular formula is C13H25NS2. The van der Waals surface area contributed by atoms with Crippen LogP contribution >= 0.6 is 23.3 Å². The molecule has 1 rings (SSSR count). The van der Waals surface area contributed by atoms with E-state index in [0.29, 0.717) is 0 Å². The quantitative estimate of drug-likeness (QED) is 0.733. The third-order valence-corrected chi connectivity index (χ3v) is 3.47. The van der Waals surface area contributed by atoms with Crippen molar-refractivity contribution in [1.29, 1.82) is 0 Å². The Hall–Kier alpha value is -0.250. The van der Waals surface area contributed by atoms with E-state index in [1.54, 1.807) is 11.9 Å². The lowest BCUT2D eigenvalue weighted by molar-refractivity contribution is 1.29. The second-order valence-electron chi connectivity index (χ2n) is 2.42. The smallest absolute Gasteiger partial charge is 0.0760 e. The fraction of sp³-hybridized carbons (Fsp3) is 0.538. The van der Waals surface area contributed by atoms with Gasteiger partial charge < -0.3 is 0 Å². The van der Waals surface area contributed by atoms with Gasteiger partial charge in [-0.15, -0.1) is 11.3 Å². The monoisotopic (exact) mass is 259 g/mol. The van der Waals surface area contributed by atoms with Crippen LogP contribution in [0.4, 0.5) is 0 Å². The average molecular weight is 259 g/mol. The van der Waals surface area contributed by atoms with Crippen LogP contribution in [-0.4, -0.2) is 7.05 Å². The van der Waals surface area contributed by atoms with Crippen LogP contribution in [0.15, 0.2) is 16.4 Å². The molecule has 1 heterocycles. The fourth-order valence-corrected chi connectivity index (χ4v) is 2.93. The first-order valence-corrected chi connectivity index (χ1v) is 7.48. The highest BCUT2D eigenvalue weighted by molar-refractivity contribution is 7.99. The Labute approximate surface area is 109 Å². The summed E-state index contributed by atoms with van der Waals surface area (Å²) in [4.78, 5) is 1.36. The lowest BCUT2D eigenvalue weighted by Crippen LogP contribution is -1.87. The normalized spacial score (nSPS) is 9.19. The molecular weight excluding hydrogens is 234 g/mol. The molecule has 0 saturated carbocycles. The molecule has 0 aliphatic carbocycles. The highest BCUT2D eigenvalue weighted by Gasteiger charge is 2.01. The Morgan fingerprint density at radius 1 is 1.25 bits per heavy atom. The van der Waals surface area contributed by atoms with E-state index in [9.17, 15) is 0 Å². The minimum absolute atomic E-state index is 1.32. The zero-order valence-electron chi connectivity index (χ0n) is 11.5. The number of hydrogen-bond donors (Lipinski definition) is 1. The highest BCUT2D eigenvalue weighted by atomic mass is 32.2. The molecule has 0 aliphatic heterocycles. The van der Waals surface area contributed by atoms with Crippen molar-refractivity contribution in [2.75, 3.05) is 7.05 Å². The van der Waals surface area contributed by atoms with Crippen LogP contribution in [0.1, 0.15) is 45.1 Å². The molecule has 1 nitrogen and oxygen atoms in total. The van der Waals surface area contributed by atoms with Crippen LogP contribution in [-0.2, 0) is 0 Å². The summed E-state index contributed by atoms with van der Waals surface area (Å²) in [7, 11) is 1.94. The molecule has 0 fully saturated rings.